The van der Waals surface area contributed by atoms with Crippen molar-refractivity contribution in [3.05, 3.63) is 60.2 Å². The van der Waals surface area contributed by atoms with Crippen LogP contribution in [0.15, 0.2) is 54.6 Å². The first-order chi connectivity index (χ1) is 10.4. The zero-order valence-corrected chi connectivity index (χ0v) is 13.2. The van der Waals surface area contributed by atoms with Crippen molar-refractivity contribution in [2.75, 3.05) is 17.1 Å². The van der Waals surface area contributed by atoms with Gasteiger partial charge in [-0.2, -0.15) is 0 Å². The smallest absolute Gasteiger partial charge is 0.332 e. The van der Waals surface area contributed by atoms with E-state index in [4.69, 9.17) is 4.74 Å². The fourth-order valence-corrected chi connectivity index (χ4v) is 2.90. The molecule has 0 saturated carbocycles. The van der Waals surface area contributed by atoms with Crippen molar-refractivity contribution in [2.45, 2.75) is 6.92 Å². The maximum absolute atomic E-state index is 12.0. The van der Waals surface area contributed by atoms with Gasteiger partial charge in [-0.15, -0.1) is 0 Å². The van der Waals surface area contributed by atoms with Crippen molar-refractivity contribution < 1.29 is 17.9 Å². The second-order valence-corrected chi connectivity index (χ2v) is 6.75. The number of hydrogen-bond acceptors (Lipinski definition) is 4. The van der Waals surface area contributed by atoms with E-state index < -0.39 is 16.0 Å². The summed E-state index contributed by atoms with van der Waals surface area (Å²) in [6.45, 7) is 1.41. The molecular formula is C16H17NO4S. The van der Waals surface area contributed by atoms with Gasteiger partial charge in [0.15, 0.2) is 0 Å². The Labute approximate surface area is 130 Å². The monoisotopic (exact) mass is 319 g/mol. The van der Waals surface area contributed by atoms with Gasteiger partial charge in [0, 0.05) is 0 Å². The van der Waals surface area contributed by atoms with Crippen LogP contribution in [0, 0.1) is 6.92 Å². The Kier molecular flexibility index (Phi) is 4.82. The molecule has 2 rings (SSSR count). The number of nitrogens with zero attached hydrogens (tertiary/aromatic N) is 1. The molecule has 0 saturated heterocycles. The molecule has 0 heterocycles. The van der Waals surface area contributed by atoms with Crippen LogP contribution >= 0.6 is 0 Å². The van der Waals surface area contributed by atoms with Crippen LogP contribution in [0.1, 0.15) is 5.56 Å². The predicted molar refractivity (Wildman–Crippen MR) is 85.4 cm³/mol. The molecule has 0 fully saturated rings. The maximum atomic E-state index is 12.0. The number of ether oxygens (including phenoxy) is 1. The molecular weight excluding hydrogens is 302 g/mol. The van der Waals surface area contributed by atoms with E-state index in [1.165, 1.54) is 0 Å². The van der Waals surface area contributed by atoms with Crippen LogP contribution in [0.5, 0.6) is 5.75 Å². The Morgan fingerprint density at radius 2 is 1.64 bits per heavy atom. The molecule has 6 heteroatoms. The molecule has 0 N–H and O–H groups in total. The topological polar surface area (TPSA) is 63.7 Å². The summed E-state index contributed by atoms with van der Waals surface area (Å²) in [5, 5.41) is 0. The number of hydrogen-bond donors (Lipinski definition) is 0. The van der Waals surface area contributed by atoms with Crippen molar-refractivity contribution in [1.82, 2.24) is 0 Å². The molecule has 0 unspecified atom stereocenters. The van der Waals surface area contributed by atoms with Crippen LogP contribution in [0.25, 0.3) is 0 Å². The molecule has 0 amide bonds. The fraction of sp³-hybridized carbons (Fsp3) is 0.188. The Balaban J connectivity index is 2.22. The van der Waals surface area contributed by atoms with Gasteiger partial charge in [-0.1, -0.05) is 36.4 Å². The van der Waals surface area contributed by atoms with E-state index in [1.54, 1.807) is 55.5 Å². The third kappa shape index (κ3) is 4.08. The van der Waals surface area contributed by atoms with E-state index in [9.17, 15) is 13.2 Å². The highest BCUT2D eigenvalue weighted by atomic mass is 32.2. The number of benzene rings is 2. The first kappa shape index (κ1) is 16.0. The molecule has 5 nitrogen and oxygen atoms in total. The molecule has 0 spiro atoms. The van der Waals surface area contributed by atoms with Gasteiger partial charge in [-0.3, -0.25) is 4.31 Å². The van der Waals surface area contributed by atoms with E-state index in [-0.39, 0.29) is 6.54 Å². The van der Waals surface area contributed by atoms with E-state index in [1.807, 2.05) is 6.07 Å². The van der Waals surface area contributed by atoms with Crippen molar-refractivity contribution in [1.29, 1.82) is 0 Å². The highest BCUT2D eigenvalue weighted by molar-refractivity contribution is 7.92. The molecule has 0 atom stereocenters. The van der Waals surface area contributed by atoms with Crippen LogP contribution in [-0.4, -0.2) is 27.2 Å². The number of anilines is 1. The van der Waals surface area contributed by atoms with Crippen molar-refractivity contribution in [2.24, 2.45) is 0 Å². The first-order valence-electron chi connectivity index (χ1n) is 6.67. The lowest BCUT2D eigenvalue weighted by molar-refractivity contribution is -0.132. The number of carbonyl (C=O) groups is 1. The minimum atomic E-state index is -3.60. The molecule has 0 bridgehead atoms. The van der Waals surface area contributed by atoms with Gasteiger partial charge in [-0.05, 0) is 30.7 Å². The van der Waals surface area contributed by atoms with Crippen LogP contribution < -0.4 is 9.04 Å². The highest BCUT2D eigenvalue weighted by Gasteiger charge is 2.23. The van der Waals surface area contributed by atoms with Crippen LogP contribution in [0.4, 0.5) is 5.69 Å². The van der Waals surface area contributed by atoms with Crippen LogP contribution in [-0.2, 0) is 14.8 Å². The molecule has 0 aromatic heterocycles. The van der Waals surface area contributed by atoms with Gasteiger partial charge in [-0.25, -0.2) is 13.2 Å². The van der Waals surface area contributed by atoms with Gasteiger partial charge in [0.1, 0.15) is 12.3 Å². The quantitative estimate of drug-likeness (QED) is 0.627. The number of carbonyl (C=O) groups excluding carboxylic acids is 1. The van der Waals surface area contributed by atoms with Gasteiger partial charge < -0.3 is 4.74 Å². The Morgan fingerprint density at radius 3 is 2.23 bits per heavy atom. The summed E-state index contributed by atoms with van der Waals surface area (Å²) in [5.41, 5.74) is 1.23. The SMILES string of the molecule is Cc1ccccc1N(CC(=O)Oc1ccccc1)S(C)(=O)=O. The molecule has 22 heavy (non-hydrogen) atoms. The Morgan fingerprint density at radius 1 is 1.05 bits per heavy atom. The van der Waals surface area contributed by atoms with E-state index in [0.29, 0.717) is 11.4 Å². The van der Waals surface area contributed by atoms with Crippen molar-refractivity contribution in [3.8, 4) is 5.75 Å². The molecule has 2 aromatic rings. The summed E-state index contributed by atoms with van der Waals surface area (Å²) in [5.74, 6) is -0.259. The third-order valence-electron chi connectivity index (χ3n) is 3.03. The summed E-state index contributed by atoms with van der Waals surface area (Å²) in [4.78, 5) is 12.0. The average Bonchev–Trinajstić information content (AvgIpc) is 2.46. The Hall–Kier alpha value is -2.34. The lowest BCUT2D eigenvalue weighted by atomic mass is 10.2. The summed E-state index contributed by atoms with van der Waals surface area (Å²) >= 11 is 0. The van der Waals surface area contributed by atoms with Crippen molar-refractivity contribution in [3.63, 3.8) is 0 Å². The molecule has 0 radical (unpaired) electrons. The Bertz CT molecular complexity index is 757. The van der Waals surface area contributed by atoms with Gasteiger partial charge in [0.25, 0.3) is 0 Å². The largest absolute Gasteiger partial charge is 0.425 e. The average molecular weight is 319 g/mol. The van der Waals surface area contributed by atoms with E-state index in [2.05, 4.69) is 0 Å². The zero-order chi connectivity index (χ0) is 16.2. The molecule has 0 aliphatic carbocycles. The number of aryl methyl sites for hydroxylation is 1. The zero-order valence-electron chi connectivity index (χ0n) is 12.4. The van der Waals surface area contributed by atoms with Crippen LogP contribution in [0.3, 0.4) is 0 Å². The fourth-order valence-electron chi connectivity index (χ4n) is 1.99. The second kappa shape index (κ2) is 6.62. The number of para-hydroxylation sites is 2. The maximum Gasteiger partial charge on any atom is 0.332 e. The normalized spacial score (nSPS) is 11.0. The van der Waals surface area contributed by atoms with Gasteiger partial charge in [0.05, 0.1) is 11.9 Å². The standard InChI is InChI=1S/C16H17NO4S/c1-13-8-6-7-11-15(13)17(22(2,19)20)12-16(18)21-14-9-4-3-5-10-14/h3-11H,12H2,1-2H3. The highest BCUT2D eigenvalue weighted by Crippen LogP contribution is 2.22. The number of sulfonamides is 1. The van der Waals surface area contributed by atoms with Crippen molar-refractivity contribution >= 4 is 21.7 Å². The second-order valence-electron chi connectivity index (χ2n) is 4.84. The minimum Gasteiger partial charge on any atom is -0.425 e. The molecule has 2 aromatic carbocycles. The molecule has 116 valence electrons. The van der Waals surface area contributed by atoms with E-state index in [0.717, 1.165) is 16.1 Å². The summed E-state index contributed by atoms with van der Waals surface area (Å²) < 4.78 is 30.2. The summed E-state index contributed by atoms with van der Waals surface area (Å²) in [6.07, 6.45) is 1.06. The predicted octanol–water partition coefficient (Wildman–Crippen LogP) is 2.37. The summed E-state index contributed by atoms with van der Waals surface area (Å²) in [6, 6.07) is 15.5. The lowest BCUT2D eigenvalue weighted by Gasteiger charge is -2.23. The lowest BCUT2D eigenvalue weighted by Crippen LogP contribution is -2.37. The molecule has 0 aliphatic rings. The van der Waals surface area contributed by atoms with E-state index >= 15 is 0 Å². The van der Waals surface area contributed by atoms with Gasteiger partial charge in [0.2, 0.25) is 10.0 Å². The third-order valence-corrected chi connectivity index (χ3v) is 4.16. The van der Waals surface area contributed by atoms with Gasteiger partial charge >= 0.3 is 5.97 Å². The minimum absolute atomic E-state index is 0.376. The summed E-state index contributed by atoms with van der Waals surface area (Å²) in [7, 11) is -3.60. The van der Waals surface area contributed by atoms with Crippen LogP contribution in [0.2, 0.25) is 0 Å². The number of rotatable bonds is 5. The first-order valence-corrected chi connectivity index (χ1v) is 8.52. The number of esters is 1. The molecule has 0 aliphatic heterocycles.